The molecule has 0 unspecified atom stereocenters. The first kappa shape index (κ1) is 33.3. The SMILES string of the molecule is c1ccc(-c2cc(N(c3ccc4c(c3)oc3ccc5ccccc5c34)c3ccc4c5ccccc5n(-c5ccccc5)c4c3)ccc2-c2ccc3ccccc3c2)cc1. The molecule has 10 aromatic carbocycles. The summed E-state index contributed by atoms with van der Waals surface area (Å²) in [6.07, 6.45) is 0. The predicted octanol–water partition coefficient (Wildman–Crippen LogP) is 15.8. The van der Waals surface area contributed by atoms with Crippen molar-refractivity contribution in [3.05, 3.63) is 218 Å². The fourth-order valence-electron chi connectivity index (χ4n) is 9.21. The van der Waals surface area contributed by atoms with Gasteiger partial charge >= 0.3 is 0 Å². The first-order chi connectivity index (χ1) is 29.2. The smallest absolute Gasteiger partial charge is 0.137 e. The van der Waals surface area contributed by atoms with Crippen LogP contribution >= 0.6 is 0 Å². The third kappa shape index (κ3) is 5.44. The topological polar surface area (TPSA) is 21.3 Å². The lowest BCUT2D eigenvalue weighted by Crippen LogP contribution is -2.10. The summed E-state index contributed by atoms with van der Waals surface area (Å²) in [6, 6.07) is 78.8. The zero-order valence-corrected chi connectivity index (χ0v) is 32.1. The van der Waals surface area contributed by atoms with Gasteiger partial charge in [-0.05, 0) is 111 Å². The summed E-state index contributed by atoms with van der Waals surface area (Å²) < 4.78 is 9.07. The second-order valence-electron chi connectivity index (χ2n) is 15.3. The van der Waals surface area contributed by atoms with E-state index in [1.807, 2.05) is 0 Å². The molecule has 0 aliphatic rings. The van der Waals surface area contributed by atoms with Gasteiger partial charge in [-0.3, -0.25) is 0 Å². The molecule has 12 aromatic rings. The summed E-state index contributed by atoms with van der Waals surface area (Å²) in [5, 5.41) is 9.56. The normalized spacial score (nSPS) is 11.7. The number of fused-ring (bicyclic) bond motifs is 9. The van der Waals surface area contributed by atoms with E-state index in [9.17, 15) is 0 Å². The molecular formula is C56H36N2O. The van der Waals surface area contributed by atoms with Gasteiger partial charge < -0.3 is 13.9 Å². The number of furan rings is 1. The monoisotopic (exact) mass is 752 g/mol. The molecule has 0 bridgehead atoms. The van der Waals surface area contributed by atoms with Crippen LogP contribution in [0.1, 0.15) is 0 Å². The quantitative estimate of drug-likeness (QED) is 0.169. The minimum absolute atomic E-state index is 0.856. The molecule has 0 radical (unpaired) electrons. The van der Waals surface area contributed by atoms with E-state index in [1.165, 1.54) is 54.5 Å². The van der Waals surface area contributed by atoms with Crippen molar-refractivity contribution >= 4 is 82.4 Å². The lowest BCUT2D eigenvalue weighted by molar-refractivity contribution is 0.669. The maximum Gasteiger partial charge on any atom is 0.137 e. The second-order valence-corrected chi connectivity index (χ2v) is 15.3. The number of benzene rings is 10. The summed E-state index contributed by atoms with van der Waals surface area (Å²) in [5.41, 5.74) is 13.0. The van der Waals surface area contributed by atoms with Crippen LogP contribution in [0, 0.1) is 0 Å². The van der Waals surface area contributed by atoms with Crippen LogP contribution in [-0.2, 0) is 0 Å². The summed E-state index contributed by atoms with van der Waals surface area (Å²) in [5.74, 6) is 0. The Morgan fingerprint density at radius 2 is 0.966 bits per heavy atom. The largest absolute Gasteiger partial charge is 0.456 e. The van der Waals surface area contributed by atoms with Gasteiger partial charge in [-0.1, -0.05) is 146 Å². The Balaban J connectivity index is 1.11. The highest BCUT2D eigenvalue weighted by Gasteiger charge is 2.21. The van der Waals surface area contributed by atoms with E-state index in [4.69, 9.17) is 4.42 Å². The maximum atomic E-state index is 6.68. The predicted molar refractivity (Wildman–Crippen MR) is 249 cm³/mol. The molecule has 0 atom stereocenters. The number of hydrogen-bond donors (Lipinski definition) is 0. The van der Waals surface area contributed by atoms with Gasteiger partial charge in [0.05, 0.1) is 11.0 Å². The van der Waals surface area contributed by atoms with Crippen molar-refractivity contribution in [2.75, 3.05) is 4.90 Å². The first-order valence-electron chi connectivity index (χ1n) is 20.2. The van der Waals surface area contributed by atoms with E-state index in [2.05, 4.69) is 228 Å². The molecule has 276 valence electrons. The minimum atomic E-state index is 0.856. The zero-order valence-electron chi connectivity index (χ0n) is 32.1. The molecule has 0 aliphatic heterocycles. The number of rotatable bonds is 6. The van der Waals surface area contributed by atoms with Gasteiger partial charge in [-0.15, -0.1) is 0 Å². The molecule has 12 rings (SSSR count). The summed E-state index contributed by atoms with van der Waals surface area (Å²) in [6.45, 7) is 0. The van der Waals surface area contributed by atoms with E-state index < -0.39 is 0 Å². The van der Waals surface area contributed by atoms with Crippen molar-refractivity contribution in [2.24, 2.45) is 0 Å². The number of para-hydroxylation sites is 2. The van der Waals surface area contributed by atoms with E-state index in [0.29, 0.717) is 0 Å². The number of hydrogen-bond acceptors (Lipinski definition) is 2. The van der Waals surface area contributed by atoms with Crippen LogP contribution in [0.15, 0.2) is 223 Å². The van der Waals surface area contributed by atoms with Crippen LogP contribution in [0.5, 0.6) is 0 Å². The Hall–Kier alpha value is -7.88. The van der Waals surface area contributed by atoms with Gasteiger partial charge in [-0.25, -0.2) is 0 Å². The molecule has 0 saturated carbocycles. The molecule has 0 fully saturated rings. The second kappa shape index (κ2) is 13.4. The molecule has 59 heavy (non-hydrogen) atoms. The summed E-state index contributed by atoms with van der Waals surface area (Å²) in [7, 11) is 0. The molecule has 0 N–H and O–H groups in total. The fraction of sp³-hybridized carbons (Fsp3) is 0. The molecular weight excluding hydrogens is 717 g/mol. The van der Waals surface area contributed by atoms with E-state index in [-0.39, 0.29) is 0 Å². The molecule has 0 amide bonds. The molecule has 3 heteroatoms. The Labute approximate surface area is 341 Å². The maximum absolute atomic E-state index is 6.68. The average Bonchev–Trinajstić information content (AvgIpc) is 3.85. The molecule has 2 heterocycles. The number of aromatic nitrogens is 1. The zero-order chi connectivity index (χ0) is 38.9. The molecule has 0 aliphatic carbocycles. The number of nitrogens with zero attached hydrogens (tertiary/aromatic N) is 2. The number of anilines is 3. The van der Waals surface area contributed by atoms with Crippen LogP contribution in [0.3, 0.4) is 0 Å². The highest BCUT2D eigenvalue weighted by molar-refractivity contribution is 6.19. The highest BCUT2D eigenvalue weighted by atomic mass is 16.3. The standard InChI is InChI=1S/C56H36N2O/c1-3-14-38(15-4-1)51-34-43(26-29-46(51)41-24-23-37-13-7-8-17-40(37)33-41)57(45-28-31-50-55(36-45)59-54-32-25-39-16-9-10-20-47(39)56(50)54)44-27-30-49-48-21-11-12-22-52(48)58(53(49)35-44)42-18-5-2-6-19-42/h1-36H. The average molecular weight is 753 g/mol. The van der Waals surface area contributed by atoms with Crippen molar-refractivity contribution in [1.29, 1.82) is 0 Å². The highest BCUT2D eigenvalue weighted by Crippen LogP contribution is 2.45. The Morgan fingerprint density at radius 1 is 0.339 bits per heavy atom. The van der Waals surface area contributed by atoms with Gasteiger partial charge in [0.15, 0.2) is 0 Å². The van der Waals surface area contributed by atoms with Crippen molar-refractivity contribution in [2.45, 2.75) is 0 Å². The molecule has 2 aromatic heterocycles. The van der Waals surface area contributed by atoms with Crippen molar-refractivity contribution in [3.8, 4) is 27.9 Å². The summed E-state index contributed by atoms with van der Waals surface area (Å²) >= 11 is 0. The van der Waals surface area contributed by atoms with Gasteiger partial charge in [0.2, 0.25) is 0 Å². The third-order valence-electron chi connectivity index (χ3n) is 11.9. The van der Waals surface area contributed by atoms with Crippen molar-refractivity contribution in [3.63, 3.8) is 0 Å². The van der Waals surface area contributed by atoms with Crippen LogP contribution in [0.4, 0.5) is 17.1 Å². The van der Waals surface area contributed by atoms with Crippen molar-refractivity contribution < 1.29 is 4.42 Å². The Morgan fingerprint density at radius 3 is 1.81 bits per heavy atom. The summed E-state index contributed by atoms with van der Waals surface area (Å²) in [4.78, 5) is 2.38. The van der Waals surface area contributed by atoms with Crippen LogP contribution in [0.25, 0.3) is 93.2 Å². The third-order valence-corrected chi connectivity index (χ3v) is 11.9. The molecule has 0 saturated heterocycles. The fourth-order valence-corrected chi connectivity index (χ4v) is 9.21. The van der Waals surface area contributed by atoms with Crippen LogP contribution < -0.4 is 4.90 Å². The van der Waals surface area contributed by atoms with Crippen LogP contribution in [0.2, 0.25) is 0 Å². The van der Waals surface area contributed by atoms with Gasteiger partial charge in [0.1, 0.15) is 11.2 Å². The van der Waals surface area contributed by atoms with Gasteiger partial charge in [0, 0.05) is 50.4 Å². The van der Waals surface area contributed by atoms with E-state index in [0.717, 1.165) is 55.8 Å². The van der Waals surface area contributed by atoms with Gasteiger partial charge in [-0.2, -0.15) is 0 Å². The van der Waals surface area contributed by atoms with Crippen LogP contribution in [-0.4, -0.2) is 4.57 Å². The lowest BCUT2D eigenvalue weighted by Gasteiger charge is -2.27. The first-order valence-corrected chi connectivity index (χ1v) is 20.2. The Kier molecular flexibility index (Phi) is 7.54. The van der Waals surface area contributed by atoms with Gasteiger partial charge in [0.25, 0.3) is 0 Å². The Bertz CT molecular complexity index is 3560. The van der Waals surface area contributed by atoms with Crippen molar-refractivity contribution in [1.82, 2.24) is 4.57 Å². The van der Waals surface area contributed by atoms with E-state index in [1.54, 1.807) is 0 Å². The van der Waals surface area contributed by atoms with E-state index >= 15 is 0 Å². The minimum Gasteiger partial charge on any atom is -0.456 e. The molecule has 0 spiro atoms. The lowest BCUT2D eigenvalue weighted by atomic mass is 9.92. The molecule has 3 nitrogen and oxygen atoms in total.